The van der Waals surface area contributed by atoms with Gasteiger partial charge in [0.1, 0.15) is 11.4 Å². The Hall–Kier alpha value is -3.23. The van der Waals surface area contributed by atoms with E-state index < -0.39 is 0 Å². The van der Waals surface area contributed by atoms with Crippen LogP contribution in [0.15, 0.2) is 53.1 Å². The SMILES string of the molecule is CCN(CCCN1CCN(c2ccc(OC)cc2)CC1)Cc1cc(-c2ccc3c(c2)OCO3)no1. The zero-order chi connectivity index (χ0) is 24.0. The lowest BCUT2D eigenvalue weighted by atomic mass is 10.1. The summed E-state index contributed by atoms with van der Waals surface area (Å²) in [5.41, 5.74) is 3.07. The summed E-state index contributed by atoms with van der Waals surface area (Å²) in [7, 11) is 1.71. The molecule has 2 aliphatic heterocycles. The molecule has 0 spiro atoms. The van der Waals surface area contributed by atoms with Crippen LogP contribution in [0.3, 0.4) is 0 Å². The average Bonchev–Trinajstić information content (AvgIpc) is 3.58. The van der Waals surface area contributed by atoms with Crippen molar-refractivity contribution in [3.05, 3.63) is 54.3 Å². The number of methoxy groups -OCH3 is 1. The lowest BCUT2D eigenvalue weighted by molar-refractivity contribution is 0.174. The molecule has 0 unspecified atom stereocenters. The van der Waals surface area contributed by atoms with Crippen LogP contribution in [0.25, 0.3) is 11.3 Å². The molecule has 0 aliphatic carbocycles. The normalized spacial score (nSPS) is 15.7. The third-order valence-corrected chi connectivity index (χ3v) is 6.81. The van der Waals surface area contributed by atoms with E-state index in [2.05, 4.69) is 38.9 Å². The Morgan fingerprint density at radius 3 is 2.54 bits per heavy atom. The Bertz CT molecular complexity index is 1090. The summed E-state index contributed by atoms with van der Waals surface area (Å²) in [5, 5.41) is 4.28. The van der Waals surface area contributed by atoms with E-state index in [0.29, 0.717) is 0 Å². The van der Waals surface area contributed by atoms with Gasteiger partial charge in [0.2, 0.25) is 6.79 Å². The second-order valence-electron chi connectivity index (χ2n) is 9.00. The van der Waals surface area contributed by atoms with Crippen LogP contribution in [0.4, 0.5) is 5.69 Å². The van der Waals surface area contributed by atoms with E-state index in [-0.39, 0.29) is 6.79 Å². The lowest BCUT2D eigenvalue weighted by Crippen LogP contribution is -2.47. The average molecular weight is 479 g/mol. The van der Waals surface area contributed by atoms with Crippen molar-refractivity contribution in [1.82, 2.24) is 15.0 Å². The van der Waals surface area contributed by atoms with Gasteiger partial charge in [-0.05, 0) is 68.5 Å². The largest absolute Gasteiger partial charge is 0.497 e. The summed E-state index contributed by atoms with van der Waals surface area (Å²) in [5.74, 6) is 3.32. The number of fused-ring (bicyclic) bond motifs is 1. The predicted octanol–water partition coefficient (Wildman–Crippen LogP) is 4.11. The monoisotopic (exact) mass is 478 g/mol. The van der Waals surface area contributed by atoms with E-state index in [1.54, 1.807) is 7.11 Å². The van der Waals surface area contributed by atoms with Crippen LogP contribution in [-0.4, -0.2) is 74.7 Å². The molecule has 0 saturated carbocycles. The van der Waals surface area contributed by atoms with Crippen molar-refractivity contribution in [2.45, 2.75) is 19.9 Å². The van der Waals surface area contributed by atoms with Crippen molar-refractivity contribution in [1.29, 1.82) is 0 Å². The fourth-order valence-electron chi connectivity index (χ4n) is 4.69. The van der Waals surface area contributed by atoms with Gasteiger partial charge in [0, 0.05) is 43.5 Å². The molecule has 1 fully saturated rings. The van der Waals surface area contributed by atoms with Gasteiger partial charge in [-0.25, -0.2) is 0 Å². The molecule has 1 aromatic heterocycles. The summed E-state index contributed by atoms with van der Waals surface area (Å²) in [6.07, 6.45) is 1.14. The van der Waals surface area contributed by atoms with Crippen LogP contribution >= 0.6 is 0 Å². The number of benzene rings is 2. The van der Waals surface area contributed by atoms with Crippen molar-refractivity contribution in [2.24, 2.45) is 0 Å². The van der Waals surface area contributed by atoms with Crippen molar-refractivity contribution in [3.63, 3.8) is 0 Å². The Balaban J connectivity index is 1.06. The molecule has 8 nitrogen and oxygen atoms in total. The minimum absolute atomic E-state index is 0.271. The number of hydrogen-bond donors (Lipinski definition) is 0. The maximum atomic E-state index is 5.65. The Labute approximate surface area is 206 Å². The number of anilines is 1. The number of nitrogens with zero attached hydrogens (tertiary/aromatic N) is 4. The van der Waals surface area contributed by atoms with Crippen LogP contribution in [0, 0.1) is 0 Å². The highest BCUT2D eigenvalue weighted by molar-refractivity contribution is 5.64. The fraction of sp³-hybridized carbons (Fsp3) is 0.444. The molecule has 3 aromatic rings. The molecule has 0 atom stereocenters. The summed E-state index contributed by atoms with van der Waals surface area (Å²) in [4.78, 5) is 7.44. The van der Waals surface area contributed by atoms with Gasteiger partial charge in [0.05, 0.1) is 13.7 Å². The highest BCUT2D eigenvalue weighted by Crippen LogP contribution is 2.35. The molecule has 2 aliphatic rings. The summed E-state index contributed by atoms with van der Waals surface area (Å²) >= 11 is 0. The van der Waals surface area contributed by atoms with Gasteiger partial charge >= 0.3 is 0 Å². The third kappa shape index (κ3) is 5.71. The lowest BCUT2D eigenvalue weighted by Gasteiger charge is -2.36. The maximum Gasteiger partial charge on any atom is 0.231 e. The molecule has 1 saturated heterocycles. The highest BCUT2D eigenvalue weighted by Gasteiger charge is 2.19. The second kappa shape index (κ2) is 11.0. The van der Waals surface area contributed by atoms with E-state index in [4.69, 9.17) is 18.7 Å². The van der Waals surface area contributed by atoms with E-state index >= 15 is 0 Å². The van der Waals surface area contributed by atoms with E-state index in [1.807, 2.05) is 36.4 Å². The van der Waals surface area contributed by atoms with Gasteiger partial charge in [-0.3, -0.25) is 9.80 Å². The molecular formula is C27H34N4O4. The quantitative estimate of drug-likeness (QED) is 0.431. The molecule has 0 bridgehead atoms. The van der Waals surface area contributed by atoms with Gasteiger partial charge in [0.25, 0.3) is 0 Å². The van der Waals surface area contributed by atoms with Crippen LogP contribution in [0.1, 0.15) is 19.1 Å². The summed E-state index contributed by atoms with van der Waals surface area (Å²) < 4.78 is 21.8. The minimum atomic E-state index is 0.271. The molecule has 8 heteroatoms. The smallest absolute Gasteiger partial charge is 0.231 e. The van der Waals surface area contributed by atoms with Gasteiger partial charge in [-0.1, -0.05) is 12.1 Å². The Morgan fingerprint density at radius 2 is 1.77 bits per heavy atom. The minimum Gasteiger partial charge on any atom is -0.497 e. The molecule has 186 valence electrons. The number of hydrogen-bond acceptors (Lipinski definition) is 8. The number of rotatable bonds is 10. The van der Waals surface area contributed by atoms with Gasteiger partial charge in [-0.15, -0.1) is 0 Å². The van der Waals surface area contributed by atoms with Crippen molar-refractivity contribution in [3.8, 4) is 28.5 Å². The van der Waals surface area contributed by atoms with Crippen LogP contribution in [-0.2, 0) is 6.54 Å². The Morgan fingerprint density at radius 1 is 0.971 bits per heavy atom. The first-order valence-electron chi connectivity index (χ1n) is 12.4. The van der Waals surface area contributed by atoms with Gasteiger partial charge in [-0.2, -0.15) is 0 Å². The van der Waals surface area contributed by atoms with Crippen LogP contribution in [0.5, 0.6) is 17.2 Å². The Kier molecular flexibility index (Phi) is 7.39. The standard InChI is InChI=1S/C27H34N4O4/c1-3-29(19-24-18-25(28-35-24)21-5-10-26-27(17-21)34-20-33-26)11-4-12-30-13-15-31(16-14-30)22-6-8-23(32-2)9-7-22/h5-10,17-18H,3-4,11-16,19-20H2,1-2H3. The maximum absolute atomic E-state index is 5.65. The first kappa shape index (κ1) is 23.5. The first-order chi connectivity index (χ1) is 17.2. The molecular weight excluding hydrogens is 444 g/mol. The van der Waals surface area contributed by atoms with Crippen LogP contribution < -0.4 is 19.1 Å². The second-order valence-corrected chi connectivity index (χ2v) is 9.00. The van der Waals surface area contributed by atoms with E-state index in [0.717, 1.165) is 93.0 Å². The topological polar surface area (TPSA) is 63.4 Å². The molecule has 0 radical (unpaired) electrons. The van der Waals surface area contributed by atoms with E-state index in [1.165, 1.54) is 5.69 Å². The molecule has 0 N–H and O–H groups in total. The molecule has 5 rings (SSSR count). The molecule has 3 heterocycles. The fourth-order valence-corrected chi connectivity index (χ4v) is 4.69. The van der Waals surface area contributed by atoms with Crippen molar-refractivity contribution < 1.29 is 18.7 Å². The predicted molar refractivity (Wildman–Crippen MR) is 135 cm³/mol. The molecule has 35 heavy (non-hydrogen) atoms. The van der Waals surface area contributed by atoms with E-state index in [9.17, 15) is 0 Å². The molecule has 0 amide bonds. The first-order valence-corrected chi connectivity index (χ1v) is 12.4. The van der Waals surface area contributed by atoms with Crippen molar-refractivity contribution in [2.75, 3.05) is 64.6 Å². The van der Waals surface area contributed by atoms with Crippen molar-refractivity contribution >= 4 is 5.69 Å². The number of aromatic nitrogens is 1. The van der Waals surface area contributed by atoms with Gasteiger partial charge in [0.15, 0.2) is 17.3 Å². The summed E-state index contributed by atoms with van der Waals surface area (Å²) in [6.45, 7) is 10.7. The van der Waals surface area contributed by atoms with Crippen LogP contribution in [0.2, 0.25) is 0 Å². The summed E-state index contributed by atoms with van der Waals surface area (Å²) in [6, 6.07) is 16.3. The number of piperazine rings is 1. The molecule has 2 aromatic carbocycles. The third-order valence-electron chi connectivity index (χ3n) is 6.81. The van der Waals surface area contributed by atoms with Gasteiger partial charge < -0.3 is 23.6 Å². The zero-order valence-corrected chi connectivity index (χ0v) is 20.6. The highest BCUT2D eigenvalue weighted by atomic mass is 16.7. The number of ether oxygens (including phenoxy) is 3. The zero-order valence-electron chi connectivity index (χ0n) is 20.6.